The third-order valence-corrected chi connectivity index (χ3v) is 4.41. The summed E-state index contributed by atoms with van der Waals surface area (Å²) in [4.78, 5) is 4.10. The third kappa shape index (κ3) is 4.01. The maximum absolute atomic E-state index is 5.94. The van der Waals surface area contributed by atoms with E-state index in [9.17, 15) is 0 Å². The Balaban J connectivity index is 1.65. The summed E-state index contributed by atoms with van der Waals surface area (Å²) < 4.78 is 13.9. The lowest BCUT2D eigenvalue weighted by Crippen LogP contribution is -2.35. The molecule has 1 aromatic heterocycles. The van der Waals surface area contributed by atoms with Crippen LogP contribution in [0.2, 0.25) is 0 Å². The molecule has 2 aromatic rings. The summed E-state index contributed by atoms with van der Waals surface area (Å²) in [7, 11) is 0. The van der Waals surface area contributed by atoms with E-state index in [1.165, 1.54) is 11.1 Å². The van der Waals surface area contributed by atoms with Crippen LogP contribution in [-0.2, 0) is 27.9 Å². The van der Waals surface area contributed by atoms with Crippen molar-refractivity contribution in [2.45, 2.75) is 51.4 Å². The molecule has 2 heterocycles. The lowest BCUT2D eigenvalue weighted by atomic mass is 9.86. The minimum absolute atomic E-state index is 0.193. The first-order valence-electron chi connectivity index (χ1n) is 8.30. The number of rotatable bonds is 5. The Morgan fingerprint density at radius 1 is 1.13 bits per heavy atom. The molecule has 0 unspecified atom stereocenters. The van der Waals surface area contributed by atoms with Gasteiger partial charge in [-0.2, -0.15) is 0 Å². The molecule has 1 saturated heterocycles. The van der Waals surface area contributed by atoms with Crippen molar-refractivity contribution in [1.29, 1.82) is 0 Å². The minimum Gasteiger partial charge on any atom is -0.346 e. The fraction of sp³-hybridized carbons (Fsp3) is 0.526. The van der Waals surface area contributed by atoms with E-state index in [-0.39, 0.29) is 5.41 Å². The van der Waals surface area contributed by atoms with Crippen molar-refractivity contribution in [1.82, 2.24) is 9.55 Å². The molecule has 3 rings (SSSR count). The molecule has 0 saturated carbocycles. The van der Waals surface area contributed by atoms with Gasteiger partial charge in [-0.05, 0) is 23.0 Å². The molecule has 0 amide bonds. The van der Waals surface area contributed by atoms with Gasteiger partial charge in [0.15, 0.2) is 5.79 Å². The second-order valence-electron chi connectivity index (χ2n) is 7.29. The fourth-order valence-corrected chi connectivity index (χ4v) is 2.98. The number of hydrogen-bond donors (Lipinski definition) is 0. The summed E-state index contributed by atoms with van der Waals surface area (Å²) in [6, 6.07) is 8.91. The summed E-state index contributed by atoms with van der Waals surface area (Å²) in [6.07, 6.45) is 7.34. The van der Waals surface area contributed by atoms with Crippen molar-refractivity contribution in [2.24, 2.45) is 0 Å². The number of hydrogen-bond acceptors (Lipinski definition) is 3. The average molecular weight is 314 g/mol. The van der Waals surface area contributed by atoms with Crippen LogP contribution in [0.4, 0.5) is 0 Å². The van der Waals surface area contributed by atoms with Gasteiger partial charge >= 0.3 is 0 Å². The second-order valence-corrected chi connectivity index (χ2v) is 7.29. The number of imidazole rings is 1. The maximum atomic E-state index is 5.94. The first-order chi connectivity index (χ1) is 11.0. The van der Waals surface area contributed by atoms with E-state index in [0.717, 1.165) is 12.8 Å². The summed E-state index contributed by atoms with van der Waals surface area (Å²) in [5, 5.41) is 0. The van der Waals surface area contributed by atoms with E-state index in [4.69, 9.17) is 9.47 Å². The Bertz CT molecular complexity index is 606. The van der Waals surface area contributed by atoms with Crippen LogP contribution in [-0.4, -0.2) is 28.6 Å². The highest BCUT2D eigenvalue weighted by molar-refractivity contribution is 5.27. The van der Waals surface area contributed by atoms with Crippen molar-refractivity contribution in [2.75, 3.05) is 13.2 Å². The zero-order chi connectivity index (χ0) is 16.3. The van der Waals surface area contributed by atoms with Crippen LogP contribution in [0.1, 0.15) is 38.3 Å². The quantitative estimate of drug-likeness (QED) is 0.846. The fourth-order valence-electron chi connectivity index (χ4n) is 2.98. The molecule has 4 nitrogen and oxygen atoms in total. The minimum atomic E-state index is -0.524. The molecule has 124 valence electrons. The highest BCUT2D eigenvalue weighted by Gasteiger charge is 2.36. The standard InChI is InChI=1S/C19H26N2O2/c1-18(2,3)17-6-4-16(5-7-17)8-9-19(22-12-13-23-19)14-21-11-10-20-15-21/h4-7,10-11,15H,8-9,12-14H2,1-3H3. The lowest BCUT2D eigenvalue weighted by molar-refractivity contribution is -0.171. The van der Waals surface area contributed by atoms with Gasteiger partial charge in [-0.3, -0.25) is 0 Å². The van der Waals surface area contributed by atoms with Crippen LogP contribution >= 0.6 is 0 Å². The molecular formula is C19H26N2O2. The highest BCUT2D eigenvalue weighted by atomic mass is 16.7. The van der Waals surface area contributed by atoms with Gasteiger partial charge < -0.3 is 14.0 Å². The maximum Gasteiger partial charge on any atom is 0.186 e. The summed E-state index contributed by atoms with van der Waals surface area (Å²) in [5.41, 5.74) is 2.88. The lowest BCUT2D eigenvalue weighted by Gasteiger charge is -2.28. The van der Waals surface area contributed by atoms with Crippen molar-refractivity contribution >= 4 is 0 Å². The zero-order valence-corrected chi connectivity index (χ0v) is 14.3. The molecule has 1 aromatic carbocycles. The number of aromatic nitrogens is 2. The molecule has 0 atom stereocenters. The molecule has 0 spiro atoms. The van der Waals surface area contributed by atoms with Crippen LogP contribution < -0.4 is 0 Å². The van der Waals surface area contributed by atoms with Gasteiger partial charge in [-0.25, -0.2) is 4.98 Å². The van der Waals surface area contributed by atoms with Crippen molar-refractivity contribution in [3.63, 3.8) is 0 Å². The van der Waals surface area contributed by atoms with Gasteiger partial charge in [0.25, 0.3) is 0 Å². The zero-order valence-electron chi connectivity index (χ0n) is 14.3. The molecule has 23 heavy (non-hydrogen) atoms. The first kappa shape index (κ1) is 16.2. The van der Waals surface area contributed by atoms with E-state index in [1.54, 1.807) is 6.20 Å². The molecule has 0 aliphatic carbocycles. The number of nitrogens with zero attached hydrogens (tertiary/aromatic N) is 2. The Morgan fingerprint density at radius 2 is 1.83 bits per heavy atom. The van der Waals surface area contributed by atoms with Gasteiger partial charge in [-0.15, -0.1) is 0 Å². The second kappa shape index (κ2) is 6.46. The van der Waals surface area contributed by atoms with E-state index < -0.39 is 5.79 Å². The van der Waals surface area contributed by atoms with E-state index >= 15 is 0 Å². The predicted molar refractivity (Wildman–Crippen MR) is 90.3 cm³/mol. The van der Waals surface area contributed by atoms with Gasteiger partial charge in [0, 0.05) is 18.8 Å². The summed E-state index contributed by atoms with van der Waals surface area (Å²) >= 11 is 0. The van der Waals surface area contributed by atoms with E-state index in [1.807, 2.05) is 17.1 Å². The Morgan fingerprint density at radius 3 is 2.39 bits per heavy atom. The Hall–Kier alpha value is -1.65. The van der Waals surface area contributed by atoms with Crippen LogP contribution in [0.3, 0.4) is 0 Å². The van der Waals surface area contributed by atoms with Gasteiger partial charge in [0.05, 0.1) is 26.1 Å². The van der Waals surface area contributed by atoms with Gasteiger partial charge in [-0.1, -0.05) is 45.0 Å². The van der Waals surface area contributed by atoms with E-state index in [2.05, 4.69) is 50.0 Å². The normalized spacial score (nSPS) is 17.5. The van der Waals surface area contributed by atoms with Crippen molar-refractivity contribution < 1.29 is 9.47 Å². The third-order valence-electron chi connectivity index (χ3n) is 4.41. The molecule has 0 bridgehead atoms. The van der Waals surface area contributed by atoms with Crippen molar-refractivity contribution in [3.8, 4) is 0 Å². The Kier molecular flexibility index (Phi) is 4.55. The van der Waals surface area contributed by atoms with Crippen molar-refractivity contribution in [3.05, 3.63) is 54.1 Å². The Labute approximate surface area is 138 Å². The summed E-state index contributed by atoms with van der Waals surface area (Å²) in [5.74, 6) is -0.524. The van der Waals surface area contributed by atoms with Gasteiger partial charge in [0.1, 0.15) is 0 Å². The SMILES string of the molecule is CC(C)(C)c1ccc(CCC2(Cn3ccnc3)OCCO2)cc1. The molecule has 1 fully saturated rings. The molecule has 1 aliphatic heterocycles. The van der Waals surface area contributed by atoms with E-state index in [0.29, 0.717) is 19.8 Å². The highest BCUT2D eigenvalue weighted by Crippen LogP contribution is 2.28. The summed E-state index contributed by atoms with van der Waals surface area (Å²) in [6.45, 7) is 8.73. The molecule has 0 N–H and O–H groups in total. The average Bonchev–Trinajstić information content (AvgIpc) is 3.18. The van der Waals surface area contributed by atoms with Crippen LogP contribution in [0, 0.1) is 0 Å². The largest absolute Gasteiger partial charge is 0.346 e. The van der Waals surface area contributed by atoms with Crippen LogP contribution in [0.15, 0.2) is 43.0 Å². The van der Waals surface area contributed by atoms with Crippen LogP contribution in [0.25, 0.3) is 0 Å². The molecule has 0 radical (unpaired) electrons. The first-order valence-corrected chi connectivity index (χ1v) is 8.30. The molecular weight excluding hydrogens is 288 g/mol. The molecule has 1 aliphatic rings. The predicted octanol–water partition coefficient (Wildman–Crippen LogP) is 3.56. The van der Waals surface area contributed by atoms with Gasteiger partial charge in [0.2, 0.25) is 0 Å². The number of aryl methyl sites for hydroxylation is 1. The van der Waals surface area contributed by atoms with Crippen LogP contribution in [0.5, 0.6) is 0 Å². The smallest absolute Gasteiger partial charge is 0.186 e. The molecule has 4 heteroatoms. The monoisotopic (exact) mass is 314 g/mol. The number of benzene rings is 1. The topological polar surface area (TPSA) is 36.3 Å². The number of ether oxygens (including phenoxy) is 2.